The van der Waals surface area contributed by atoms with E-state index < -0.39 is 31.7 Å². The number of carbonyl (C=O) groups excluding carboxylic acids is 2. The second kappa shape index (κ2) is 22.4. The summed E-state index contributed by atoms with van der Waals surface area (Å²) in [6.07, 6.45) is 7.13. The summed E-state index contributed by atoms with van der Waals surface area (Å²) in [5.74, 6) is -0.846. The number of nitrogens with one attached hydrogen (secondary N) is 8. The Morgan fingerprint density at radius 2 is 1.02 bits per heavy atom. The number of fused-ring (bicyclic) bond motifs is 2. The van der Waals surface area contributed by atoms with E-state index in [1.54, 1.807) is 12.2 Å². The fourth-order valence-electron chi connectivity index (χ4n) is 6.29. The maximum Gasteiger partial charge on any atom is 0.245 e. The minimum absolute atomic E-state index is 0.219. The first kappa shape index (κ1) is 48.1. The maximum atomic E-state index is 12.4. The number of thiocarbonyl (C=S) groups is 2. The van der Waals surface area contributed by atoms with E-state index in [9.17, 15) is 9.59 Å². The molecule has 8 N–H and O–H groups in total. The fraction of sp³-hybridized carbons (Fsp3) is 0.256. The van der Waals surface area contributed by atoms with Crippen molar-refractivity contribution in [1.82, 2.24) is 21.3 Å². The number of aryl methyl sites for hydroxylation is 3. The molecule has 61 heavy (non-hydrogen) atoms. The molecule has 6 rings (SSSR count). The molecule has 4 aromatic rings. The van der Waals surface area contributed by atoms with Crippen molar-refractivity contribution in [2.75, 3.05) is 34.4 Å². The molecule has 0 aromatic heterocycles. The highest BCUT2D eigenvalue weighted by Crippen LogP contribution is 2.33. The maximum absolute atomic E-state index is 12.4. The molecule has 0 saturated heterocycles. The highest BCUT2D eigenvalue weighted by molar-refractivity contribution is 7.80. The number of halogens is 6. The van der Waals surface area contributed by atoms with E-state index in [0.29, 0.717) is 0 Å². The molecule has 0 saturated carbocycles. The molecule has 2 aliphatic heterocycles. The number of alkyl halides is 6. The van der Waals surface area contributed by atoms with Gasteiger partial charge in [-0.05, 0) is 115 Å². The molecule has 0 bridgehead atoms. The average Bonchev–Trinajstić information content (AvgIpc) is 3.70. The van der Waals surface area contributed by atoms with Crippen LogP contribution >= 0.6 is 94.0 Å². The molecular formula is C43H44Cl6N8O2S2. The van der Waals surface area contributed by atoms with Gasteiger partial charge in [-0.25, -0.2) is 0 Å². The monoisotopic (exact) mass is 978 g/mol. The minimum atomic E-state index is -1.83. The zero-order valence-corrected chi connectivity index (χ0v) is 39.2. The fourth-order valence-corrected chi connectivity index (χ4v) is 7.41. The third kappa shape index (κ3) is 14.8. The van der Waals surface area contributed by atoms with Crippen molar-refractivity contribution >= 4 is 151 Å². The topological polar surface area (TPSA) is 130 Å². The normalized spacial score (nSPS) is 14.2. The zero-order valence-electron chi connectivity index (χ0n) is 33.0. The number of benzene rings is 4. The first-order valence-electron chi connectivity index (χ1n) is 19.1. The van der Waals surface area contributed by atoms with Crippen LogP contribution < -0.4 is 42.5 Å². The van der Waals surface area contributed by atoms with E-state index in [-0.39, 0.29) is 10.2 Å². The van der Waals surface area contributed by atoms with Gasteiger partial charge in [-0.1, -0.05) is 142 Å². The lowest BCUT2D eigenvalue weighted by molar-refractivity contribution is -0.118. The van der Waals surface area contributed by atoms with Gasteiger partial charge in [-0.15, -0.1) is 0 Å². The van der Waals surface area contributed by atoms with Gasteiger partial charge in [-0.3, -0.25) is 9.59 Å². The highest BCUT2D eigenvalue weighted by atomic mass is 35.6. The van der Waals surface area contributed by atoms with Crippen LogP contribution in [0.25, 0.3) is 12.2 Å². The van der Waals surface area contributed by atoms with Crippen molar-refractivity contribution in [3.8, 4) is 0 Å². The van der Waals surface area contributed by atoms with Crippen LogP contribution in [0.1, 0.15) is 39.8 Å². The molecule has 0 aliphatic carbocycles. The van der Waals surface area contributed by atoms with Gasteiger partial charge >= 0.3 is 0 Å². The molecule has 2 aliphatic rings. The predicted molar refractivity (Wildman–Crippen MR) is 265 cm³/mol. The number of anilines is 4. The second-order valence-corrected chi connectivity index (χ2v) is 19.5. The molecule has 0 radical (unpaired) electrons. The molecule has 10 nitrogen and oxygen atoms in total. The molecule has 18 heteroatoms. The number of para-hydroxylation sites is 2. The van der Waals surface area contributed by atoms with Crippen molar-refractivity contribution in [3.05, 3.63) is 130 Å². The van der Waals surface area contributed by atoms with Crippen LogP contribution in [0.2, 0.25) is 0 Å². The number of hydrogen-bond acceptors (Lipinski definition) is 6. The van der Waals surface area contributed by atoms with Crippen molar-refractivity contribution in [2.24, 2.45) is 0 Å². The van der Waals surface area contributed by atoms with Crippen LogP contribution in [-0.2, 0) is 22.4 Å². The van der Waals surface area contributed by atoms with E-state index >= 15 is 0 Å². The Morgan fingerprint density at radius 1 is 0.590 bits per heavy atom. The molecule has 2 atom stereocenters. The van der Waals surface area contributed by atoms with Crippen LogP contribution in [0.5, 0.6) is 0 Å². The minimum Gasteiger partial charge on any atom is -0.383 e. The van der Waals surface area contributed by atoms with Gasteiger partial charge in [-0.2, -0.15) is 0 Å². The lowest BCUT2D eigenvalue weighted by Gasteiger charge is -2.28. The lowest BCUT2D eigenvalue weighted by Crippen LogP contribution is -2.55. The first-order chi connectivity index (χ1) is 29.0. The molecule has 0 spiro atoms. The van der Waals surface area contributed by atoms with Crippen molar-refractivity contribution in [2.45, 2.75) is 53.0 Å². The predicted octanol–water partition coefficient (Wildman–Crippen LogP) is 9.94. The van der Waals surface area contributed by atoms with E-state index in [1.807, 2.05) is 86.6 Å². The molecule has 2 amide bonds. The molecule has 2 unspecified atom stereocenters. The van der Waals surface area contributed by atoms with E-state index in [0.717, 1.165) is 77.4 Å². The number of rotatable bonds is 10. The first-order valence-corrected chi connectivity index (χ1v) is 22.1. The Hall–Kier alpha value is -3.98. The largest absolute Gasteiger partial charge is 0.383 e. The van der Waals surface area contributed by atoms with Crippen LogP contribution in [0.3, 0.4) is 0 Å². The summed E-state index contributed by atoms with van der Waals surface area (Å²) in [6.45, 7) is 5.69. The van der Waals surface area contributed by atoms with Gasteiger partial charge in [0.1, 0.15) is 12.3 Å². The van der Waals surface area contributed by atoms with E-state index in [4.69, 9.17) is 94.0 Å². The van der Waals surface area contributed by atoms with Gasteiger partial charge in [0.15, 0.2) is 10.2 Å². The lowest BCUT2D eigenvalue weighted by atomic mass is 10.0. The second-order valence-electron chi connectivity index (χ2n) is 13.9. The summed E-state index contributed by atoms with van der Waals surface area (Å²) < 4.78 is -3.65. The van der Waals surface area contributed by atoms with Gasteiger partial charge < -0.3 is 42.5 Å². The smallest absolute Gasteiger partial charge is 0.245 e. The third-order valence-corrected chi connectivity index (χ3v) is 11.2. The summed E-state index contributed by atoms with van der Waals surface area (Å²) >= 11 is 47.2. The summed E-state index contributed by atoms with van der Waals surface area (Å²) in [4.78, 5) is 24.8. The van der Waals surface area contributed by atoms with Gasteiger partial charge in [0.05, 0.1) is 22.7 Å². The summed E-state index contributed by atoms with van der Waals surface area (Å²) in [5.41, 5.74) is 10.0. The zero-order chi connectivity index (χ0) is 44.2. The van der Waals surface area contributed by atoms with Gasteiger partial charge in [0, 0.05) is 25.2 Å². The Balaban J connectivity index is 0.000000231. The SMILES string of the molecule is Cc1ccccc1/C=C/C(=O)NC(NC(=S)Nc1cccc2c1NCC2)C(Cl)(Cl)Cl.Cc1ccccc1/C=C/C(=O)NC(NC(=S)Nc1cccc2c1NCCC2)C(Cl)(Cl)Cl. The highest BCUT2D eigenvalue weighted by Gasteiger charge is 2.35. The Bertz CT molecular complexity index is 2280. The van der Waals surface area contributed by atoms with E-state index in [2.05, 4.69) is 54.7 Å². The quantitative estimate of drug-likeness (QED) is 0.0337. The van der Waals surface area contributed by atoms with Gasteiger partial charge in [0.25, 0.3) is 0 Å². The van der Waals surface area contributed by atoms with Crippen molar-refractivity contribution in [1.29, 1.82) is 0 Å². The van der Waals surface area contributed by atoms with Crippen molar-refractivity contribution in [3.63, 3.8) is 0 Å². The number of hydrogen-bond donors (Lipinski definition) is 8. The third-order valence-electron chi connectivity index (χ3n) is 9.40. The van der Waals surface area contributed by atoms with Crippen LogP contribution in [0.15, 0.2) is 97.1 Å². The summed E-state index contributed by atoms with van der Waals surface area (Å²) in [5, 5.41) is 24.4. The Kier molecular flexibility index (Phi) is 17.6. The van der Waals surface area contributed by atoms with Crippen molar-refractivity contribution < 1.29 is 9.59 Å². The molecule has 0 fully saturated rings. The molecule has 4 aromatic carbocycles. The Labute approximate surface area is 396 Å². The summed E-state index contributed by atoms with van der Waals surface area (Å²) in [7, 11) is 0. The average molecular weight is 982 g/mol. The molecule has 322 valence electrons. The number of carbonyl (C=O) groups is 2. The van der Waals surface area contributed by atoms with Crippen LogP contribution in [0.4, 0.5) is 22.7 Å². The van der Waals surface area contributed by atoms with Crippen LogP contribution in [-0.4, -0.2) is 55.0 Å². The summed E-state index contributed by atoms with van der Waals surface area (Å²) in [6, 6.07) is 27.3. The Morgan fingerprint density at radius 3 is 1.46 bits per heavy atom. The standard InChI is InChI=1S/C22H23Cl3N4OS.C21H21Cl3N4OS/c1-14-6-2-3-7-15(14)11-12-18(30)28-20(22(23,24)25)29-21(31)27-17-10-4-8-16-9-5-13-26-19(16)17;1-13-5-2-3-6-14(13)9-10-17(29)27-19(21(22,23)24)28-20(30)26-16-8-4-7-15-11-12-25-18(15)16/h2-4,6-8,10-12,20,26H,5,9,13H2,1H3,(H,28,30)(H2,27,29,31);2-10,19,25H,11-12H2,1H3,(H,27,29)(H2,26,28,30)/b12-11+;10-9+. The van der Waals surface area contributed by atoms with Crippen LogP contribution in [0, 0.1) is 13.8 Å². The molecule has 2 heterocycles. The van der Waals surface area contributed by atoms with E-state index in [1.165, 1.54) is 23.3 Å². The van der Waals surface area contributed by atoms with Gasteiger partial charge in [0.2, 0.25) is 19.4 Å². The number of amides is 2. The molecular weight excluding hydrogens is 937 g/mol.